The van der Waals surface area contributed by atoms with Gasteiger partial charge >= 0.3 is 16.5 Å². The molecule has 0 spiro atoms. The van der Waals surface area contributed by atoms with Crippen molar-refractivity contribution in [3.8, 4) is 0 Å². The fraction of sp³-hybridized carbons (Fsp3) is 1.00. The summed E-state index contributed by atoms with van der Waals surface area (Å²) >= 11 is 0. The molecule has 2 unspecified atom stereocenters. The summed E-state index contributed by atoms with van der Waals surface area (Å²) in [6.07, 6.45) is 33.2. The summed E-state index contributed by atoms with van der Waals surface area (Å²) < 4.78 is 37.0. The second-order valence-electron chi connectivity index (χ2n) is 17.9. The molecule has 1 aliphatic heterocycles. The van der Waals surface area contributed by atoms with E-state index in [2.05, 4.69) is 96.4 Å². The molecular weight excluding hydrogens is 773 g/mol. The molecule has 59 heavy (non-hydrogen) atoms. The Morgan fingerprint density at radius 1 is 0.288 bits per heavy atom. The van der Waals surface area contributed by atoms with Crippen LogP contribution in [0, 0.1) is 0 Å². The van der Waals surface area contributed by atoms with Gasteiger partial charge in [0.2, 0.25) is 0 Å². The largest absolute Gasteiger partial charge is 0.750 e. The average molecular weight is 883 g/mol. The molecule has 0 radical (unpaired) electrons. The van der Waals surface area contributed by atoms with Gasteiger partial charge in [-0.05, 0) is 77.0 Å². The number of nitrogens with zero attached hydrogens (tertiary/aromatic N) is 3. The van der Waals surface area contributed by atoms with Gasteiger partial charge in [0.25, 0.3) is 6.79 Å². The van der Waals surface area contributed by atoms with Crippen LogP contribution >= 0.6 is 16.5 Å². The first-order valence-corrected chi connectivity index (χ1v) is 28.1. The van der Waals surface area contributed by atoms with Crippen molar-refractivity contribution in [3.63, 3.8) is 0 Å². The minimum absolute atomic E-state index is 0.218. The van der Waals surface area contributed by atoms with E-state index in [1.165, 1.54) is 246 Å². The summed E-state index contributed by atoms with van der Waals surface area (Å²) in [7, 11) is -4.38. The average Bonchev–Trinajstić information content (AvgIpc) is 3.25. The van der Waals surface area contributed by atoms with Gasteiger partial charge in [0.15, 0.2) is 4.31 Å². The van der Waals surface area contributed by atoms with Crippen LogP contribution in [0.25, 0.3) is 0 Å². The van der Waals surface area contributed by atoms with Crippen molar-refractivity contribution in [1.82, 2.24) is 0 Å². The third-order valence-corrected chi connectivity index (χ3v) is 14.0. The molecule has 1 saturated heterocycles. The Kier molecular flexibility index (Phi) is 49.3. The van der Waals surface area contributed by atoms with Gasteiger partial charge < -0.3 is 13.4 Å². The van der Waals surface area contributed by atoms with E-state index in [0.717, 1.165) is 0 Å². The topological polar surface area (TPSA) is 61.8 Å². The Morgan fingerprint density at radius 3 is 0.508 bits per heavy atom. The van der Waals surface area contributed by atoms with E-state index < -0.39 is 16.5 Å². The van der Waals surface area contributed by atoms with Crippen LogP contribution in [0.2, 0.25) is 0 Å². The van der Waals surface area contributed by atoms with Gasteiger partial charge in [0, 0.05) is 9.13 Å². The lowest BCUT2D eigenvalue weighted by Gasteiger charge is -2.39. The Balaban J connectivity index is -0.000000728. The van der Waals surface area contributed by atoms with Crippen LogP contribution in [0.5, 0.6) is 0 Å². The van der Waals surface area contributed by atoms with Crippen molar-refractivity contribution in [2.24, 2.45) is 0 Å². The van der Waals surface area contributed by atoms with Crippen molar-refractivity contribution in [2.75, 3.05) is 85.3 Å². The van der Waals surface area contributed by atoms with Gasteiger partial charge in [-0.3, -0.25) is 0 Å². The fourth-order valence-corrected chi connectivity index (χ4v) is 9.32. The quantitative estimate of drug-likeness (QED) is 0.0463. The summed E-state index contributed by atoms with van der Waals surface area (Å²) in [5, 5.41) is 0. The molecule has 0 aromatic heterocycles. The van der Waals surface area contributed by atoms with E-state index in [9.17, 15) is 9.13 Å². The molecule has 2 atom stereocenters. The summed E-state index contributed by atoms with van der Waals surface area (Å²) in [4.78, 5) is 0. The molecule has 1 heterocycles. The maximum atomic E-state index is 10.1. The van der Waals surface area contributed by atoms with Crippen LogP contribution in [0.1, 0.15) is 237 Å². The number of rotatable bonds is 36. The molecular formula is C49H110N3O5P2+5. The Labute approximate surface area is 373 Å². The first-order valence-electron chi connectivity index (χ1n) is 26.0. The second-order valence-corrected chi connectivity index (χ2v) is 19.9. The monoisotopic (exact) mass is 883 g/mol. The van der Waals surface area contributed by atoms with Crippen molar-refractivity contribution in [3.05, 3.63) is 0 Å². The highest BCUT2D eigenvalue weighted by molar-refractivity contribution is 7.48. The smallest absolute Gasteiger partial charge is 0.324 e. The molecule has 10 heteroatoms. The molecule has 356 valence electrons. The van der Waals surface area contributed by atoms with Crippen LogP contribution in [0.3, 0.4) is 0 Å². The van der Waals surface area contributed by atoms with Gasteiger partial charge in [-0.1, -0.05) is 169 Å². The third kappa shape index (κ3) is 37.1. The van der Waals surface area contributed by atoms with E-state index >= 15 is 0 Å². The Morgan fingerprint density at radius 2 is 0.424 bits per heavy atom. The minimum Gasteiger partial charge on any atom is -0.324 e. The number of quaternary nitrogens is 3. The lowest BCUT2D eigenvalue weighted by molar-refractivity contribution is -0.929. The Hall–Kier alpha value is -0.0400. The summed E-state index contributed by atoms with van der Waals surface area (Å²) in [5.41, 5.74) is 0. The van der Waals surface area contributed by atoms with E-state index in [-0.39, 0.29) is 6.79 Å². The second kappa shape index (κ2) is 46.0. The molecule has 0 bridgehead atoms. The van der Waals surface area contributed by atoms with E-state index in [1.807, 2.05) is 0 Å². The predicted molar refractivity (Wildman–Crippen MR) is 261 cm³/mol. The highest BCUT2D eigenvalue weighted by atomic mass is 31.2. The zero-order chi connectivity index (χ0) is 44.9. The highest BCUT2D eigenvalue weighted by Crippen LogP contribution is 2.44. The van der Waals surface area contributed by atoms with Crippen molar-refractivity contribution in [1.29, 1.82) is 0 Å². The fourth-order valence-electron chi connectivity index (χ4n) is 8.15. The van der Waals surface area contributed by atoms with Gasteiger partial charge in [0.05, 0.1) is 78.5 Å². The first kappa shape index (κ1) is 63.2. The maximum Gasteiger partial charge on any atom is 0.750 e. The van der Waals surface area contributed by atoms with Crippen LogP contribution in [-0.4, -0.2) is 98.8 Å². The van der Waals surface area contributed by atoms with E-state index in [1.54, 1.807) is 0 Å². The predicted octanol–water partition coefficient (Wildman–Crippen LogP) is 16.3. The summed E-state index contributed by atoms with van der Waals surface area (Å²) in [6, 6.07) is 0. The summed E-state index contributed by atoms with van der Waals surface area (Å²) in [6.45, 7) is 44.8. The van der Waals surface area contributed by atoms with Crippen molar-refractivity contribution in [2.45, 2.75) is 237 Å². The zero-order valence-corrected chi connectivity index (χ0v) is 44.2. The van der Waals surface area contributed by atoms with Crippen LogP contribution in [0.4, 0.5) is 0 Å². The van der Waals surface area contributed by atoms with Crippen LogP contribution < -0.4 is 0 Å². The molecule has 0 N–H and O–H groups in total. The minimum atomic E-state index is -2.19. The first-order chi connectivity index (χ1) is 28.5. The number of hydrogen-bond acceptors (Lipinski definition) is 5. The van der Waals surface area contributed by atoms with E-state index in [4.69, 9.17) is 0 Å². The third-order valence-electron chi connectivity index (χ3n) is 12.3. The SMILES string of the molecule is CCCC[N+](CCCC)(CCCC)CCCC.CCCC[N+](CCCC)(CCCC)CCCC.CCCC[N+](CCCC)(CCCC)CCCC.O=[P+]1OCO[P+](=O)O1. The lowest BCUT2D eigenvalue weighted by atomic mass is 10.1. The molecule has 0 aliphatic carbocycles. The highest BCUT2D eigenvalue weighted by Gasteiger charge is 2.46. The van der Waals surface area contributed by atoms with Crippen molar-refractivity contribution < 1.29 is 35.9 Å². The molecule has 1 aliphatic rings. The van der Waals surface area contributed by atoms with Gasteiger partial charge in [-0.2, -0.15) is 0 Å². The molecule has 1 fully saturated rings. The van der Waals surface area contributed by atoms with Gasteiger partial charge in [-0.15, -0.1) is 0 Å². The molecule has 1 rings (SSSR count). The zero-order valence-electron chi connectivity index (χ0n) is 42.4. The molecule has 8 nitrogen and oxygen atoms in total. The van der Waals surface area contributed by atoms with Crippen molar-refractivity contribution >= 4 is 16.5 Å². The summed E-state index contributed by atoms with van der Waals surface area (Å²) in [5.74, 6) is 0. The standard InChI is InChI=1S/3C16H36N.CH2O5P2/c3*1-5-9-13-17(14-10-6-2,15-11-7-3)16-12-8-4;2-7-4-1-5-8(3)6-7/h3*5-16H2,1-4H3;1H2/q3*+1;+2. The maximum absolute atomic E-state index is 10.1. The Bertz CT molecular complexity index is 686. The number of unbranched alkanes of at least 4 members (excludes halogenated alkanes) is 12. The van der Waals surface area contributed by atoms with E-state index in [0.29, 0.717) is 0 Å². The normalized spacial score (nSPS) is 14.5. The number of hydrogen-bond donors (Lipinski definition) is 0. The molecule has 0 aromatic rings. The molecule has 0 aromatic carbocycles. The van der Waals surface area contributed by atoms with Crippen LogP contribution in [-0.2, 0) is 22.5 Å². The van der Waals surface area contributed by atoms with Crippen LogP contribution in [0.15, 0.2) is 0 Å². The van der Waals surface area contributed by atoms with Gasteiger partial charge in [0.1, 0.15) is 0 Å². The molecule has 0 amide bonds. The lowest BCUT2D eigenvalue weighted by Crippen LogP contribution is -2.50. The van der Waals surface area contributed by atoms with Gasteiger partial charge in [-0.25, -0.2) is 0 Å². The molecule has 0 saturated carbocycles.